The number of benzene rings is 2. The normalized spacial score (nSPS) is 17.5. The van der Waals surface area contributed by atoms with Crippen molar-refractivity contribution >= 4 is 39.1 Å². The minimum absolute atomic E-state index is 0.0180. The molecule has 3 aromatic rings. The van der Waals surface area contributed by atoms with Crippen molar-refractivity contribution in [3.63, 3.8) is 0 Å². The molecular formula is C22H21NO5. The SMILES string of the molecule is COCCCC(=O)c1ccc2c(ccc3onc(C4CCC(=O)CC4=O)c32)c1. The number of hydrogen-bond donors (Lipinski definition) is 0. The van der Waals surface area contributed by atoms with Crippen molar-refractivity contribution < 1.29 is 23.6 Å². The lowest BCUT2D eigenvalue weighted by atomic mass is 9.83. The minimum Gasteiger partial charge on any atom is -0.385 e. The largest absolute Gasteiger partial charge is 0.385 e. The summed E-state index contributed by atoms with van der Waals surface area (Å²) in [5.74, 6) is -0.464. The molecule has 0 saturated heterocycles. The Kier molecular flexibility index (Phi) is 5.05. The lowest BCUT2D eigenvalue weighted by Crippen LogP contribution is -2.23. The summed E-state index contributed by atoms with van der Waals surface area (Å²) in [6.07, 6.45) is 1.93. The topological polar surface area (TPSA) is 86.5 Å². The highest BCUT2D eigenvalue weighted by molar-refractivity contribution is 6.12. The quantitative estimate of drug-likeness (QED) is 0.366. The van der Waals surface area contributed by atoms with Crippen molar-refractivity contribution in [2.45, 2.75) is 38.0 Å². The zero-order valence-electron chi connectivity index (χ0n) is 15.7. The maximum atomic E-state index is 12.4. The smallest absolute Gasteiger partial charge is 0.167 e. The van der Waals surface area contributed by atoms with Crippen LogP contribution in [0.15, 0.2) is 34.9 Å². The third-order valence-corrected chi connectivity index (χ3v) is 5.36. The number of hydrogen-bond acceptors (Lipinski definition) is 6. The van der Waals surface area contributed by atoms with Gasteiger partial charge < -0.3 is 9.26 Å². The fourth-order valence-corrected chi connectivity index (χ4v) is 3.89. The third kappa shape index (κ3) is 3.36. The van der Waals surface area contributed by atoms with E-state index in [0.29, 0.717) is 49.1 Å². The molecule has 6 nitrogen and oxygen atoms in total. The standard InChI is InChI=1S/C22H21NO5/c1-27-10-2-3-18(25)14-4-7-16-13(11-14)5-9-20-21(16)22(23-28-20)17-8-6-15(24)12-19(17)26/h4-5,7,9,11,17H,2-3,6,8,10,12H2,1H3. The van der Waals surface area contributed by atoms with Crippen molar-refractivity contribution in [2.75, 3.05) is 13.7 Å². The van der Waals surface area contributed by atoms with Gasteiger partial charge in [-0.3, -0.25) is 14.4 Å². The Morgan fingerprint density at radius 1 is 1.25 bits per heavy atom. The van der Waals surface area contributed by atoms with Crippen LogP contribution in [0.4, 0.5) is 0 Å². The second-order valence-corrected chi connectivity index (χ2v) is 7.23. The third-order valence-electron chi connectivity index (χ3n) is 5.36. The Morgan fingerprint density at radius 2 is 2.11 bits per heavy atom. The fraction of sp³-hybridized carbons (Fsp3) is 0.364. The number of carbonyl (C=O) groups excluding carboxylic acids is 3. The molecule has 1 heterocycles. The summed E-state index contributed by atoms with van der Waals surface area (Å²) in [6.45, 7) is 0.557. The van der Waals surface area contributed by atoms with Crippen LogP contribution in [-0.2, 0) is 14.3 Å². The fourth-order valence-electron chi connectivity index (χ4n) is 3.89. The molecule has 1 aliphatic rings. The number of aromatic nitrogens is 1. The van der Waals surface area contributed by atoms with E-state index >= 15 is 0 Å². The molecule has 0 aliphatic heterocycles. The summed E-state index contributed by atoms with van der Waals surface area (Å²) in [4.78, 5) is 36.4. The van der Waals surface area contributed by atoms with E-state index in [-0.39, 0.29) is 23.8 Å². The lowest BCUT2D eigenvalue weighted by molar-refractivity contribution is -0.130. The van der Waals surface area contributed by atoms with Gasteiger partial charge in [-0.25, -0.2) is 0 Å². The Balaban J connectivity index is 1.73. The molecule has 1 unspecified atom stereocenters. The van der Waals surface area contributed by atoms with E-state index in [2.05, 4.69) is 5.16 Å². The molecule has 2 aromatic carbocycles. The molecule has 1 aliphatic carbocycles. The number of rotatable bonds is 6. The molecule has 6 heteroatoms. The number of Topliss-reactive ketones (excluding diaryl/α,β-unsaturated/α-hetero) is 3. The van der Waals surface area contributed by atoms with E-state index in [0.717, 1.165) is 16.2 Å². The number of nitrogens with zero attached hydrogens (tertiary/aromatic N) is 1. The van der Waals surface area contributed by atoms with Gasteiger partial charge in [0, 0.05) is 32.1 Å². The van der Waals surface area contributed by atoms with Gasteiger partial charge in [-0.15, -0.1) is 0 Å². The van der Waals surface area contributed by atoms with E-state index in [1.54, 1.807) is 13.2 Å². The Morgan fingerprint density at radius 3 is 2.89 bits per heavy atom. The number of carbonyl (C=O) groups is 3. The second-order valence-electron chi connectivity index (χ2n) is 7.23. The molecule has 0 spiro atoms. The second kappa shape index (κ2) is 7.64. The van der Waals surface area contributed by atoms with Gasteiger partial charge in [0.1, 0.15) is 17.3 Å². The number of ether oxygens (including phenoxy) is 1. The highest BCUT2D eigenvalue weighted by Crippen LogP contribution is 2.36. The summed E-state index contributed by atoms with van der Waals surface area (Å²) in [5, 5.41) is 6.75. The first-order valence-electron chi connectivity index (χ1n) is 9.47. The highest BCUT2D eigenvalue weighted by Gasteiger charge is 2.32. The molecule has 28 heavy (non-hydrogen) atoms. The van der Waals surface area contributed by atoms with Crippen molar-refractivity contribution in [1.82, 2.24) is 5.16 Å². The van der Waals surface area contributed by atoms with Gasteiger partial charge in [0.25, 0.3) is 0 Å². The molecule has 1 fully saturated rings. The van der Waals surface area contributed by atoms with Gasteiger partial charge in [-0.05, 0) is 35.7 Å². The van der Waals surface area contributed by atoms with E-state index < -0.39 is 5.92 Å². The Hall–Kier alpha value is -2.86. The molecule has 0 radical (unpaired) electrons. The van der Waals surface area contributed by atoms with Gasteiger partial charge in [0.2, 0.25) is 0 Å². The van der Waals surface area contributed by atoms with Crippen molar-refractivity contribution in [2.24, 2.45) is 0 Å². The predicted octanol–water partition coefficient (Wildman–Crippen LogP) is 4.00. The van der Waals surface area contributed by atoms with E-state index in [9.17, 15) is 14.4 Å². The highest BCUT2D eigenvalue weighted by atomic mass is 16.5. The van der Waals surface area contributed by atoms with E-state index in [1.807, 2.05) is 24.3 Å². The van der Waals surface area contributed by atoms with Crippen LogP contribution in [0, 0.1) is 0 Å². The summed E-state index contributed by atoms with van der Waals surface area (Å²) in [5.41, 5.74) is 1.85. The van der Waals surface area contributed by atoms with Crippen LogP contribution < -0.4 is 0 Å². The summed E-state index contributed by atoms with van der Waals surface area (Å²) >= 11 is 0. The van der Waals surface area contributed by atoms with Crippen LogP contribution in [0.3, 0.4) is 0 Å². The van der Waals surface area contributed by atoms with E-state index in [1.165, 1.54) is 0 Å². The first kappa shape index (κ1) is 18.5. The van der Waals surface area contributed by atoms with Crippen LogP contribution in [0.1, 0.15) is 54.1 Å². The van der Waals surface area contributed by atoms with Crippen LogP contribution in [0.5, 0.6) is 0 Å². The van der Waals surface area contributed by atoms with E-state index in [4.69, 9.17) is 9.26 Å². The van der Waals surface area contributed by atoms with Crippen LogP contribution >= 0.6 is 0 Å². The monoisotopic (exact) mass is 379 g/mol. The summed E-state index contributed by atoms with van der Waals surface area (Å²) in [7, 11) is 1.62. The maximum Gasteiger partial charge on any atom is 0.167 e. The maximum absolute atomic E-state index is 12.4. The van der Waals surface area contributed by atoms with Crippen LogP contribution in [0.25, 0.3) is 21.7 Å². The average Bonchev–Trinajstić information content (AvgIpc) is 3.12. The molecule has 0 amide bonds. The minimum atomic E-state index is -0.417. The molecule has 1 aromatic heterocycles. The zero-order valence-corrected chi connectivity index (χ0v) is 15.7. The Labute approximate surface area is 161 Å². The predicted molar refractivity (Wildman–Crippen MR) is 104 cm³/mol. The average molecular weight is 379 g/mol. The Bertz CT molecular complexity index is 1080. The van der Waals surface area contributed by atoms with Gasteiger partial charge in [-0.2, -0.15) is 0 Å². The molecule has 0 N–H and O–H groups in total. The lowest BCUT2D eigenvalue weighted by Gasteiger charge is -2.18. The molecule has 4 rings (SSSR count). The van der Waals surface area contributed by atoms with Crippen LogP contribution in [0.2, 0.25) is 0 Å². The van der Waals surface area contributed by atoms with Gasteiger partial charge in [-0.1, -0.05) is 23.4 Å². The van der Waals surface area contributed by atoms with Gasteiger partial charge in [0.05, 0.1) is 17.7 Å². The van der Waals surface area contributed by atoms with Gasteiger partial charge in [0.15, 0.2) is 11.4 Å². The molecule has 0 bridgehead atoms. The van der Waals surface area contributed by atoms with Crippen molar-refractivity contribution in [3.05, 3.63) is 41.6 Å². The molecule has 144 valence electrons. The molecular weight excluding hydrogens is 358 g/mol. The first-order chi connectivity index (χ1) is 13.6. The zero-order chi connectivity index (χ0) is 19.7. The van der Waals surface area contributed by atoms with Gasteiger partial charge >= 0.3 is 0 Å². The number of fused-ring (bicyclic) bond motifs is 3. The summed E-state index contributed by atoms with van der Waals surface area (Å²) < 4.78 is 10.5. The van der Waals surface area contributed by atoms with Crippen LogP contribution in [-0.4, -0.2) is 36.2 Å². The molecule has 1 saturated carbocycles. The van der Waals surface area contributed by atoms with Crippen molar-refractivity contribution in [1.29, 1.82) is 0 Å². The van der Waals surface area contributed by atoms with Crippen molar-refractivity contribution in [3.8, 4) is 0 Å². The number of methoxy groups -OCH3 is 1. The summed E-state index contributed by atoms with van der Waals surface area (Å²) in [6, 6.07) is 9.27. The first-order valence-corrected chi connectivity index (χ1v) is 9.47. The molecule has 1 atom stereocenters. The number of ketones is 3.